The minimum absolute atomic E-state index is 0.696. The van der Waals surface area contributed by atoms with Crippen molar-refractivity contribution in [2.75, 3.05) is 0 Å². The van der Waals surface area contributed by atoms with Crippen LogP contribution in [0, 0.1) is 0 Å². The van der Waals surface area contributed by atoms with Crippen LogP contribution in [0.2, 0.25) is 16.9 Å². The summed E-state index contributed by atoms with van der Waals surface area (Å²) in [5.41, 5.74) is 1.14. The van der Waals surface area contributed by atoms with E-state index in [0.717, 1.165) is 17.8 Å². The van der Waals surface area contributed by atoms with Crippen LogP contribution < -0.4 is 5.46 Å². The molecule has 0 aliphatic heterocycles. The Hall–Kier alpha value is -0.135. The summed E-state index contributed by atoms with van der Waals surface area (Å²) in [6.07, 6.45) is 0. The van der Waals surface area contributed by atoms with Gasteiger partial charge in [0.1, 0.15) is 0 Å². The smallest absolute Gasteiger partial charge is 0.0849 e. The maximum atomic E-state index is 5.85. The fourth-order valence-electron chi connectivity index (χ4n) is 0.808. The summed E-state index contributed by atoms with van der Waals surface area (Å²) in [6.45, 7) is 2.06. The molecule has 0 fully saturated rings. The Balaban J connectivity index is 3.07. The van der Waals surface area contributed by atoms with Gasteiger partial charge in [-0.25, -0.2) is 0 Å². The molecule has 0 aliphatic rings. The van der Waals surface area contributed by atoms with Crippen molar-refractivity contribution in [3.63, 3.8) is 0 Å². The van der Waals surface area contributed by atoms with Crippen LogP contribution in [0.3, 0.4) is 0 Å². The predicted octanol–water partition coefficient (Wildman–Crippen LogP) is 2.10. The molecule has 0 atom stereocenters. The van der Waals surface area contributed by atoms with Crippen LogP contribution in [0.15, 0.2) is 18.2 Å². The number of hydrogen-bond donors (Lipinski definition) is 0. The zero-order valence-electron chi connectivity index (χ0n) is 5.70. The Morgan fingerprint density at radius 3 is 2.50 bits per heavy atom. The molecule has 0 N–H and O–H groups in total. The lowest BCUT2D eigenvalue weighted by Gasteiger charge is -1.98. The molecule has 1 rings (SSSR count). The first kappa shape index (κ1) is 7.97. The van der Waals surface area contributed by atoms with E-state index in [1.165, 1.54) is 0 Å². The van der Waals surface area contributed by atoms with Gasteiger partial charge in [0.2, 0.25) is 0 Å². The first-order chi connectivity index (χ1) is 4.74. The number of benzene rings is 1. The molecule has 0 heterocycles. The van der Waals surface area contributed by atoms with Crippen LogP contribution in [0.4, 0.5) is 0 Å². The van der Waals surface area contributed by atoms with Gasteiger partial charge in [0.05, 0.1) is 0 Å². The van der Waals surface area contributed by atoms with E-state index in [-0.39, 0.29) is 0 Å². The van der Waals surface area contributed by atoms with Crippen molar-refractivity contribution in [1.82, 2.24) is 0 Å². The molecule has 0 spiro atoms. The minimum Gasteiger partial charge on any atom is -0.0849 e. The van der Waals surface area contributed by atoms with Crippen molar-refractivity contribution >= 4 is 35.9 Å². The molecule has 0 radical (unpaired) electrons. The second kappa shape index (κ2) is 3.31. The van der Waals surface area contributed by atoms with Gasteiger partial charge in [0, 0.05) is 10.0 Å². The third-order valence-corrected chi connectivity index (χ3v) is 1.98. The molecule has 0 aliphatic carbocycles. The average molecular weight is 173 g/mol. The van der Waals surface area contributed by atoms with Gasteiger partial charge in [-0.1, -0.05) is 41.6 Å². The number of halogens is 2. The summed E-state index contributed by atoms with van der Waals surface area (Å²) >= 11 is 11.5. The highest BCUT2D eigenvalue weighted by Gasteiger charge is 1.97. The maximum absolute atomic E-state index is 5.85. The Bertz CT molecular complexity index is 235. The highest BCUT2D eigenvalue weighted by Crippen LogP contribution is 2.12. The summed E-state index contributed by atoms with van der Waals surface area (Å²) in [7, 11) is 0.954. The molecule has 0 aromatic heterocycles. The van der Waals surface area contributed by atoms with E-state index in [2.05, 4.69) is 6.82 Å². The van der Waals surface area contributed by atoms with Crippen molar-refractivity contribution in [2.24, 2.45) is 0 Å². The van der Waals surface area contributed by atoms with Gasteiger partial charge in [0.15, 0.2) is 7.28 Å². The first-order valence-electron chi connectivity index (χ1n) is 3.18. The molecule has 52 valence electrons. The standard InChI is InChI=1S/C7H7BCl2/c1-8-6-3-2-5(9)4-7(6)10/h2-4,8H,1H3. The molecule has 1 aromatic carbocycles. The van der Waals surface area contributed by atoms with Crippen LogP contribution in [0.5, 0.6) is 0 Å². The molecule has 1 aromatic rings. The quantitative estimate of drug-likeness (QED) is 0.570. The monoisotopic (exact) mass is 172 g/mol. The molecule has 0 unspecified atom stereocenters. The second-order valence-corrected chi connectivity index (χ2v) is 2.93. The molecular weight excluding hydrogens is 166 g/mol. The second-order valence-electron chi connectivity index (χ2n) is 2.09. The lowest BCUT2D eigenvalue weighted by Crippen LogP contribution is -2.10. The summed E-state index contributed by atoms with van der Waals surface area (Å²) in [6, 6.07) is 5.57. The Morgan fingerprint density at radius 1 is 1.30 bits per heavy atom. The summed E-state index contributed by atoms with van der Waals surface area (Å²) in [5, 5.41) is 1.46. The van der Waals surface area contributed by atoms with Gasteiger partial charge in [0.25, 0.3) is 0 Å². The normalized spacial score (nSPS) is 9.50. The fourth-order valence-corrected chi connectivity index (χ4v) is 1.35. The van der Waals surface area contributed by atoms with Gasteiger partial charge in [-0.2, -0.15) is 0 Å². The van der Waals surface area contributed by atoms with Crippen LogP contribution in [-0.4, -0.2) is 7.28 Å². The minimum atomic E-state index is 0.696. The van der Waals surface area contributed by atoms with Crippen LogP contribution in [0.25, 0.3) is 0 Å². The largest absolute Gasteiger partial charge is 0.156 e. The van der Waals surface area contributed by atoms with Crippen LogP contribution in [-0.2, 0) is 0 Å². The zero-order chi connectivity index (χ0) is 7.56. The maximum Gasteiger partial charge on any atom is 0.156 e. The molecule has 0 nitrogen and oxygen atoms in total. The lowest BCUT2D eigenvalue weighted by molar-refractivity contribution is 1.76. The van der Waals surface area contributed by atoms with E-state index in [4.69, 9.17) is 23.2 Å². The highest BCUT2D eigenvalue weighted by atomic mass is 35.5. The van der Waals surface area contributed by atoms with E-state index in [1.807, 2.05) is 12.1 Å². The summed E-state index contributed by atoms with van der Waals surface area (Å²) < 4.78 is 0. The predicted molar refractivity (Wildman–Crippen MR) is 49.1 cm³/mol. The summed E-state index contributed by atoms with van der Waals surface area (Å²) in [5.74, 6) is 0. The third-order valence-electron chi connectivity index (χ3n) is 1.40. The van der Waals surface area contributed by atoms with Gasteiger partial charge < -0.3 is 0 Å². The molecule has 0 saturated carbocycles. The highest BCUT2D eigenvalue weighted by molar-refractivity contribution is 6.57. The van der Waals surface area contributed by atoms with Crippen molar-refractivity contribution in [3.05, 3.63) is 28.2 Å². The van der Waals surface area contributed by atoms with Crippen molar-refractivity contribution < 1.29 is 0 Å². The fraction of sp³-hybridized carbons (Fsp3) is 0.143. The summed E-state index contributed by atoms with van der Waals surface area (Å²) in [4.78, 5) is 0. The van der Waals surface area contributed by atoms with Crippen molar-refractivity contribution in [1.29, 1.82) is 0 Å². The Labute approximate surface area is 71.4 Å². The molecule has 0 saturated heterocycles. The number of hydrogen-bond acceptors (Lipinski definition) is 0. The third kappa shape index (κ3) is 1.68. The Kier molecular flexibility index (Phi) is 2.64. The van der Waals surface area contributed by atoms with Gasteiger partial charge in [-0.15, -0.1) is 0 Å². The van der Waals surface area contributed by atoms with E-state index < -0.39 is 0 Å². The van der Waals surface area contributed by atoms with Gasteiger partial charge >= 0.3 is 0 Å². The van der Waals surface area contributed by atoms with Crippen molar-refractivity contribution in [2.45, 2.75) is 6.82 Å². The van der Waals surface area contributed by atoms with E-state index in [0.29, 0.717) is 5.02 Å². The van der Waals surface area contributed by atoms with E-state index in [9.17, 15) is 0 Å². The van der Waals surface area contributed by atoms with Crippen LogP contribution in [0.1, 0.15) is 0 Å². The first-order valence-corrected chi connectivity index (χ1v) is 3.93. The van der Waals surface area contributed by atoms with E-state index >= 15 is 0 Å². The SMILES string of the molecule is CBc1ccc(Cl)cc1Cl. The molecule has 0 amide bonds. The molecule has 0 bridgehead atoms. The number of rotatable bonds is 1. The molecular formula is C7H7BCl2. The van der Waals surface area contributed by atoms with Crippen molar-refractivity contribution in [3.8, 4) is 0 Å². The van der Waals surface area contributed by atoms with Crippen LogP contribution >= 0.6 is 23.2 Å². The van der Waals surface area contributed by atoms with Gasteiger partial charge in [-0.05, 0) is 12.1 Å². The topological polar surface area (TPSA) is 0 Å². The lowest BCUT2D eigenvalue weighted by atomic mass is 9.73. The molecule has 3 heteroatoms. The molecule has 10 heavy (non-hydrogen) atoms. The zero-order valence-corrected chi connectivity index (χ0v) is 7.21. The average Bonchev–Trinajstić information content (AvgIpc) is 1.88. The van der Waals surface area contributed by atoms with E-state index in [1.54, 1.807) is 6.07 Å². The van der Waals surface area contributed by atoms with Gasteiger partial charge in [-0.3, -0.25) is 0 Å². The Morgan fingerprint density at radius 2 is 2.00 bits per heavy atom.